The molecule has 22 heavy (non-hydrogen) atoms. The lowest BCUT2D eigenvalue weighted by Crippen LogP contribution is -2.37. The van der Waals surface area contributed by atoms with Crippen molar-refractivity contribution in [3.8, 4) is 0 Å². The Morgan fingerprint density at radius 3 is 2.86 bits per heavy atom. The highest BCUT2D eigenvalue weighted by Crippen LogP contribution is 2.27. The van der Waals surface area contributed by atoms with Crippen molar-refractivity contribution in [1.82, 2.24) is 25.0 Å². The number of rotatable bonds is 2. The van der Waals surface area contributed by atoms with Crippen LogP contribution in [0.2, 0.25) is 0 Å². The fourth-order valence-corrected chi connectivity index (χ4v) is 3.06. The molecule has 0 unspecified atom stereocenters. The topological polar surface area (TPSA) is 85.7 Å². The molecule has 1 saturated heterocycles. The van der Waals surface area contributed by atoms with Gasteiger partial charge in [0.05, 0.1) is 6.04 Å². The van der Waals surface area contributed by atoms with Crippen molar-refractivity contribution in [2.75, 3.05) is 23.7 Å². The molecule has 1 atom stereocenters. The maximum absolute atomic E-state index is 5.84. The van der Waals surface area contributed by atoms with E-state index in [4.69, 9.17) is 5.73 Å². The van der Waals surface area contributed by atoms with Crippen LogP contribution < -0.4 is 10.6 Å². The van der Waals surface area contributed by atoms with Crippen molar-refractivity contribution in [3.63, 3.8) is 0 Å². The predicted molar refractivity (Wildman–Crippen MR) is 84.5 cm³/mol. The number of benzene rings is 1. The maximum atomic E-state index is 5.84. The standard InChI is InChI=1S/C15H17N7/c16-14-13-15(18-10-17-14)22(20-19-13)12-7-4-8-21(9-12)11-5-2-1-3-6-11/h1-3,5-6,10,12H,4,7-9H2,(H2,16,17,18)/t12-/m0/s1. The summed E-state index contributed by atoms with van der Waals surface area (Å²) in [4.78, 5) is 10.7. The molecule has 1 aromatic carbocycles. The van der Waals surface area contributed by atoms with E-state index >= 15 is 0 Å². The Balaban J connectivity index is 1.66. The largest absolute Gasteiger partial charge is 0.382 e. The first-order valence-corrected chi connectivity index (χ1v) is 7.44. The van der Waals surface area contributed by atoms with E-state index in [0.29, 0.717) is 17.0 Å². The Kier molecular flexibility index (Phi) is 3.10. The van der Waals surface area contributed by atoms with Crippen LogP contribution in [0.1, 0.15) is 18.9 Å². The summed E-state index contributed by atoms with van der Waals surface area (Å²) in [5.74, 6) is 0.381. The quantitative estimate of drug-likeness (QED) is 0.773. The third-order valence-corrected chi connectivity index (χ3v) is 4.15. The average Bonchev–Trinajstić information content (AvgIpc) is 3.01. The molecule has 7 nitrogen and oxygen atoms in total. The van der Waals surface area contributed by atoms with Crippen molar-refractivity contribution >= 4 is 22.7 Å². The molecule has 2 aromatic heterocycles. The number of piperidine rings is 1. The Hall–Kier alpha value is -2.70. The summed E-state index contributed by atoms with van der Waals surface area (Å²) in [5, 5.41) is 8.40. The Morgan fingerprint density at radius 2 is 2.00 bits per heavy atom. The van der Waals surface area contributed by atoms with E-state index in [-0.39, 0.29) is 6.04 Å². The van der Waals surface area contributed by atoms with E-state index < -0.39 is 0 Å². The van der Waals surface area contributed by atoms with Crippen LogP contribution in [0.5, 0.6) is 0 Å². The first-order valence-electron chi connectivity index (χ1n) is 7.44. The van der Waals surface area contributed by atoms with Crippen LogP contribution in [0.3, 0.4) is 0 Å². The van der Waals surface area contributed by atoms with E-state index in [1.54, 1.807) is 0 Å². The van der Waals surface area contributed by atoms with E-state index in [0.717, 1.165) is 25.9 Å². The average molecular weight is 295 g/mol. The van der Waals surface area contributed by atoms with Crippen LogP contribution >= 0.6 is 0 Å². The summed E-state index contributed by atoms with van der Waals surface area (Å²) >= 11 is 0. The summed E-state index contributed by atoms with van der Waals surface area (Å²) in [5.41, 5.74) is 8.38. The highest BCUT2D eigenvalue weighted by Gasteiger charge is 2.24. The number of hydrogen-bond donors (Lipinski definition) is 1. The normalized spacial score (nSPS) is 18.7. The molecule has 3 aromatic rings. The molecule has 1 fully saturated rings. The molecule has 0 saturated carbocycles. The summed E-state index contributed by atoms with van der Waals surface area (Å²) in [7, 11) is 0. The molecule has 2 N–H and O–H groups in total. The number of nitrogens with zero attached hydrogens (tertiary/aromatic N) is 6. The second-order valence-electron chi connectivity index (χ2n) is 5.54. The van der Waals surface area contributed by atoms with Crippen LogP contribution in [0.15, 0.2) is 36.7 Å². The summed E-state index contributed by atoms with van der Waals surface area (Å²) in [6.45, 7) is 1.96. The van der Waals surface area contributed by atoms with Crippen molar-refractivity contribution in [3.05, 3.63) is 36.7 Å². The molecule has 112 valence electrons. The molecule has 7 heteroatoms. The van der Waals surface area contributed by atoms with Gasteiger partial charge in [-0.1, -0.05) is 23.4 Å². The van der Waals surface area contributed by atoms with Crippen LogP contribution in [0, 0.1) is 0 Å². The van der Waals surface area contributed by atoms with E-state index in [1.165, 1.54) is 12.0 Å². The lowest BCUT2D eigenvalue weighted by molar-refractivity contribution is 0.376. The van der Waals surface area contributed by atoms with Gasteiger partial charge in [-0.2, -0.15) is 0 Å². The minimum absolute atomic E-state index is 0.244. The Morgan fingerprint density at radius 1 is 1.14 bits per heavy atom. The number of para-hydroxylation sites is 1. The van der Waals surface area contributed by atoms with Gasteiger partial charge >= 0.3 is 0 Å². The molecule has 0 bridgehead atoms. The molecule has 0 spiro atoms. The zero-order valence-electron chi connectivity index (χ0n) is 12.1. The highest BCUT2D eigenvalue weighted by atomic mass is 15.5. The van der Waals surface area contributed by atoms with Crippen molar-refractivity contribution < 1.29 is 0 Å². The molecule has 0 radical (unpaired) electrons. The molecule has 0 aliphatic carbocycles. The van der Waals surface area contributed by atoms with Gasteiger partial charge in [0.25, 0.3) is 0 Å². The maximum Gasteiger partial charge on any atom is 0.184 e. The van der Waals surface area contributed by atoms with Crippen LogP contribution in [-0.2, 0) is 0 Å². The summed E-state index contributed by atoms with van der Waals surface area (Å²) in [6, 6.07) is 10.7. The van der Waals surface area contributed by atoms with E-state index in [1.807, 2.05) is 10.7 Å². The fraction of sp³-hybridized carbons (Fsp3) is 0.333. The second kappa shape index (κ2) is 5.25. The van der Waals surface area contributed by atoms with Gasteiger partial charge < -0.3 is 10.6 Å². The predicted octanol–water partition coefficient (Wildman–Crippen LogP) is 1.64. The van der Waals surface area contributed by atoms with E-state index in [9.17, 15) is 0 Å². The minimum Gasteiger partial charge on any atom is -0.382 e. The zero-order valence-corrected chi connectivity index (χ0v) is 12.1. The SMILES string of the molecule is Nc1ncnc2c1nnn2[C@H]1CCCN(c2ccccc2)C1. The number of anilines is 2. The van der Waals surface area contributed by atoms with Gasteiger partial charge in [0.2, 0.25) is 0 Å². The number of fused-ring (bicyclic) bond motifs is 1. The number of hydrogen-bond acceptors (Lipinski definition) is 6. The lowest BCUT2D eigenvalue weighted by Gasteiger charge is -2.34. The number of nitrogens with two attached hydrogens (primary N) is 1. The van der Waals surface area contributed by atoms with Gasteiger partial charge in [-0.05, 0) is 25.0 Å². The molecule has 3 heterocycles. The van der Waals surface area contributed by atoms with E-state index in [2.05, 4.69) is 49.4 Å². The van der Waals surface area contributed by atoms with Gasteiger partial charge in [-0.3, -0.25) is 0 Å². The smallest absolute Gasteiger partial charge is 0.184 e. The summed E-state index contributed by atoms with van der Waals surface area (Å²) in [6.07, 6.45) is 3.64. The van der Waals surface area contributed by atoms with Gasteiger partial charge in [0.15, 0.2) is 17.0 Å². The molecular weight excluding hydrogens is 278 g/mol. The molecular formula is C15H17N7. The third kappa shape index (κ3) is 2.14. The Bertz CT molecular complexity index is 783. The van der Waals surface area contributed by atoms with Crippen molar-refractivity contribution in [2.24, 2.45) is 0 Å². The van der Waals surface area contributed by atoms with Crippen LogP contribution in [0.4, 0.5) is 11.5 Å². The lowest BCUT2D eigenvalue weighted by atomic mass is 10.1. The van der Waals surface area contributed by atoms with Crippen LogP contribution in [-0.4, -0.2) is 38.1 Å². The molecule has 1 aliphatic heterocycles. The Labute approximate surface area is 127 Å². The number of nitrogen functional groups attached to an aromatic ring is 1. The van der Waals surface area contributed by atoms with Crippen molar-refractivity contribution in [1.29, 1.82) is 0 Å². The minimum atomic E-state index is 0.244. The van der Waals surface area contributed by atoms with Crippen LogP contribution in [0.25, 0.3) is 11.2 Å². The number of aromatic nitrogens is 5. The monoisotopic (exact) mass is 295 g/mol. The highest BCUT2D eigenvalue weighted by molar-refractivity contribution is 5.80. The van der Waals surface area contributed by atoms with Gasteiger partial charge in [-0.15, -0.1) is 5.10 Å². The molecule has 1 aliphatic rings. The first-order chi connectivity index (χ1) is 10.8. The van der Waals surface area contributed by atoms with Crippen molar-refractivity contribution in [2.45, 2.75) is 18.9 Å². The fourth-order valence-electron chi connectivity index (χ4n) is 3.06. The van der Waals surface area contributed by atoms with Gasteiger partial charge in [0.1, 0.15) is 6.33 Å². The van der Waals surface area contributed by atoms with Gasteiger partial charge in [0, 0.05) is 18.8 Å². The zero-order chi connectivity index (χ0) is 14.9. The summed E-state index contributed by atoms with van der Waals surface area (Å²) < 4.78 is 1.89. The second-order valence-corrected chi connectivity index (χ2v) is 5.54. The van der Waals surface area contributed by atoms with Gasteiger partial charge in [-0.25, -0.2) is 14.6 Å². The molecule has 0 amide bonds. The third-order valence-electron chi connectivity index (χ3n) is 4.15. The first kappa shape index (κ1) is 13.0. The molecule has 4 rings (SSSR count).